The van der Waals surface area contributed by atoms with E-state index in [1.165, 1.54) is 37.3 Å². The molecule has 0 aliphatic heterocycles. The zero-order valence-electron chi connectivity index (χ0n) is 23.4. The Labute approximate surface area is 236 Å². The summed E-state index contributed by atoms with van der Waals surface area (Å²) in [5, 5.41) is 2.84. The SMILES string of the molecule is CCCNC(=O)C(C)N(CCc1ccccc1)C(=O)CN(c1cc(OC)ccc1OC)S(=O)(=O)c1ccccc1. The van der Waals surface area contributed by atoms with Crippen molar-refractivity contribution in [1.29, 1.82) is 0 Å². The maximum atomic E-state index is 14.0. The van der Waals surface area contributed by atoms with Crippen molar-refractivity contribution < 1.29 is 27.5 Å². The second-order valence-corrected chi connectivity index (χ2v) is 11.0. The fourth-order valence-electron chi connectivity index (χ4n) is 4.19. The minimum atomic E-state index is -4.22. The molecule has 1 atom stereocenters. The molecule has 10 heteroatoms. The van der Waals surface area contributed by atoms with Gasteiger partial charge < -0.3 is 19.7 Å². The van der Waals surface area contributed by atoms with E-state index >= 15 is 0 Å². The van der Waals surface area contributed by atoms with Crippen LogP contribution in [0, 0.1) is 0 Å². The first kappa shape index (κ1) is 30.5. The molecular weight excluding hydrogens is 530 g/mol. The van der Waals surface area contributed by atoms with Gasteiger partial charge in [-0.05, 0) is 49.6 Å². The van der Waals surface area contributed by atoms with E-state index in [1.54, 1.807) is 37.3 Å². The molecule has 3 rings (SSSR count). The predicted octanol–water partition coefficient (Wildman–Crippen LogP) is 3.89. The van der Waals surface area contributed by atoms with Crippen LogP contribution in [-0.2, 0) is 26.0 Å². The third kappa shape index (κ3) is 7.53. The molecule has 214 valence electrons. The van der Waals surface area contributed by atoms with E-state index in [0.29, 0.717) is 18.7 Å². The lowest BCUT2D eigenvalue weighted by Gasteiger charge is -2.32. The molecule has 0 heterocycles. The number of benzene rings is 3. The molecule has 0 saturated heterocycles. The van der Waals surface area contributed by atoms with E-state index < -0.39 is 28.5 Å². The van der Waals surface area contributed by atoms with Gasteiger partial charge in [0.2, 0.25) is 11.8 Å². The summed E-state index contributed by atoms with van der Waals surface area (Å²) in [6, 6.07) is 21.4. The van der Waals surface area contributed by atoms with Gasteiger partial charge in [-0.25, -0.2) is 8.42 Å². The van der Waals surface area contributed by atoms with Gasteiger partial charge in [0.15, 0.2) is 0 Å². The first-order valence-corrected chi connectivity index (χ1v) is 14.6. The van der Waals surface area contributed by atoms with Gasteiger partial charge in [0.25, 0.3) is 10.0 Å². The van der Waals surface area contributed by atoms with Crippen LogP contribution in [-0.4, -0.2) is 65.0 Å². The molecule has 40 heavy (non-hydrogen) atoms. The summed E-state index contributed by atoms with van der Waals surface area (Å²) in [6.07, 6.45) is 1.24. The van der Waals surface area contributed by atoms with Crippen molar-refractivity contribution in [3.05, 3.63) is 84.4 Å². The number of ether oxygens (including phenoxy) is 2. The lowest BCUT2D eigenvalue weighted by Crippen LogP contribution is -2.52. The molecule has 0 aromatic heterocycles. The topological polar surface area (TPSA) is 105 Å². The molecule has 0 radical (unpaired) electrons. The highest BCUT2D eigenvalue weighted by atomic mass is 32.2. The molecule has 1 unspecified atom stereocenters. The average Bonchev–Trinajstić information content (AvgIpc) is 2.99. The first-order chi connectivity index (χ1) is 19.2. The summed E-state index contributed by atoms with van der Waals surface area (Å²) >= 11 is 0. The molecule has 0 aliphatic carbocycles. The lowest BCUT2D eigenvalue weighted by atomic mass is 10.1. The van der Waals surface area contributed by atoms with Gasteiger partial charge in [0.05, 0.1) is 24.8 Å². The van der Waals surface area contributed by atoms with E-state index in [4.69, 9.17) is 9.47 Å². The number of anilines is 1. The lowest BCUT2D eigenvalue weighted by molar-refractivity contribution is -0.138. The van der Waals surface area contributed by atoms with Crippen molar-refractivity contribution in [2.75, 3.05) is 38.2 Å². The maximum absolute atomic E-state index is 14.0. The Morgan fingerprint density at radius 2 is 1.57 bits per heavy atom. The number of carbonyl (C=O) groups is 2. The fourth-order valence-corrected chi connectivity index (χ4v) is 5.63. The Bertz CT molecular complexity index is 1370. The number of hydrogen-bond acceptors (Lipinski definition) is 6. The molecule has 0 saturated carbocycles. The molecular formula is C30H37N3O6S. The van der Waals surface area contributed by atoms with Crippen LogP contribution in [0.15, 0.2) is 83.8 Å². The number of rotatable bonds is 14. The zero-order valence-corrected chi connectivity index (χ0v) is 24.2. The molecule has 3 aromatic rings. The molecule has 0 spiro atoms. The Morgan fingerprint density at radius 3 is 2.17 bits per heavy atom. The van der Waals surface area contributed by atoms with Gasteiger partial charge in [-0.1, -0.05) is 55.5 Å². The highest BCUT2D eigenvalue weighted by molar-refractivity contribution is 7.92. The fraction of sp³-hybridized carbons (Fsp3) is 0.333. The number of sulfonamides is 1. The van der Waals surface area contributed by atoms with E-state index in [0.717, 1.165) is 16.3 Å². The zero-order chi connectivity index (χ0) is 29.1. The highest BCUT2D eigenvalue weighted by Crippen LogP contribution is 2.35. The van der Waals surface area contributed by atoms with Gasteiger partial charge in [0, 0.05) is 19.2 Å². The summed E-state index contributed by atoms with van der Waals surface area (Å²) in [5.41, 5.74) is 1.13. The Morgan fingerprint density at radius 1 is 0.925 bits per heavy atom. The number of amides is 2. The summed E-state index contributed by atoms with van der Waals surface area (Å²) in [6.45, 7) is 3.73. The molecule has 0 bridgehead atoms. The van der Waals surface area contributed by atoms with Crippen molar-refractivity contribution in [1.82, 2.24) is 10.2 Å². The molecule has 0 fully saturated rings. The number of nitrogens with zero attached hydrogens (tertiary/aromatic N) is 2. The second-order valence-electron chi connectivity index (χ2n) is 9.15. The molecule has 9 nitrogen and oxygen atoms in total. The summed E-state index contributed by atoms with van der Waals surface area (Å²) in [4.78, 5) is 28.4. The van der Waals surface area contributed by atoms with Gasteiger partial charge >= 0.3 is 0 Å². The van der Waals surface area contributed by atoms with Crippen LogP contribution in [0.3, 0.4) is 0 Å². The van der Waals surface area contributed by atoms with Crippen molar-refractivity contribution in [3.8, 4) is 11.5 Å². The van der Waals surface area contributed by atoms with Crippen LogP contribution in [0.5, 0.6) is 11.5 Å². The van der Waals surface area contributed by atoms with Gasteiger partial charge in [-0.3, -0.25) is 13.9 Å². The van der Waals surface area contributed by atoms with Crippen molar-refractivity contribution in [2.24, 2.45) is 0 Å². The van der Waals surface area contributed by atoms with E-state index in [9.17, 15) is 18.0 Å². The van der Waals surface area contributed by atoms with Gasteiger partial charge in [0.1, 0.15) is 24.1 Å². The molecule has 1 N–H and O–H groups in total. The highest BCUT2D eigenvalue weighted by Gasteiger charge is 2.33. The van der Waals surface area contributed by atoms with E-state index in [1.807, 2.05) is 37.3 Å². The third-order valence-electron chi connectivity index (χ3n) is 6.47. The minimum Gasteiger partial charge on any atom is -0.497 e. The summed E-state index contributed by atoms with van der Waals surface area (Å²) in [5.74, 6) is -0.193. The maximum Gasteiger partial charge on any atom is 0.264 e. The predicted molar refractivity (Wildman–Crippen MR) is 155 cm³/mol. The van der Waals surface area contributed by atoms with Crippen LogP contribution < -0.4 is 19.1 Å². The Balaban J connectivity index is 2.04. The first-order valence-electron chi connectivity index (χ1n) is 13.1. The largest absolute Gasteiger partial charge is 0.497 e. The smallest absolute Gasteiger partial charge is 0.264 e. The summed E-state index contributed by atoms with van der Waals surface area (Å²) in [7, 11) is -1.33. The second kappa shape index (κ2) is 14.4. The molecule has 2 amide bonds. The van der Waals surface area contributed by atoms with Crippen molar-refractivity contribution in [3.63, 3.8) is 0 Å². The Hall–Kier alpha value is -4.05. The van der Waals surface area contributed by atoms with Crippen LogP contribution in [0.1, 0.15) is 25.8 Å². The van der Waals surface area contributed by atoms with Crippen LogP contribution >= 0.6 is 0 Å². The van der Waals surface area contributed by atoms with Crippen LogP contribution in [0.4, 0.5) is 5.69 Å². The normalized spacial score (nSPS) is 11.8. The van der Waals surface area contributed by atoms with E-state index in [2.05, 4.69) is 5.32 Å². The number of methoxy groups -OCH3 is 2. The van der Waals surface area contributed by atoms with Crippen LogP contribution in [0.2, 0.25) is 0 Å². The van der Waals surface area contributed by atoms with Gasteiger partial charge in [-0.15, -0.1) is 0 Å². The van der Waals surface area contributed by atoms with E-state index in [-0.39, 0.29) is 28.8 Å². The molecule has 0 aliphatic rings. The third-order valence-corrected chi connectivity index (χ3v) is 8.24. The summed E-state index contributed by atoms with van der Waals surface area (Å²) < 4.78 is 39.8. The Kier molecular flexibility index (Phi) is 11.0. The van der Waals surface area contributed by atoms with Gasteiger partial charge in [-0.2, -0.15) is 0 Å². The molecule has 3 aromatic carbocycles. The quantitative estimate of drug-likeness (QED) is 0.317. The minimum absolute atomic E-state index is 0.0113. The number of nitrogens with one attached hydrogen (secondary N) is 1. The standard InChI is InChI=1S/C30H37N3O6S/c1-5-19-31-30(35)23(2)32(20-18-24-12-8-6-9-13-24)29(34)22-33(40(36,37)26-14-10-7-11-15-26)27-21-25(38-3)16-17-28(27)39-4/h6-17,21,23H,5,18-20,22H2,1-4H3,(H,31,35). The van der Waals surface area contributed by atoms with Crippen molar-refractivity contribution in [2.45, 2.75) is 37.6 Å². The van der Waals surface area contributed by atoms with Crippen molar-refractivity contribution >= 4 is 27.5 Å². The van der Waals surface area contributed by atoms with Crippen LogP contribution in [0.25, 0.3) is 0 Å². The average molecular weight is 568 g/mol. The number of hydrogen-bond donors (Lipinski definition) is 1. The number of carbonyl (C=O) groups excluding carboxylic acids is 2. The monoisotopic (exact) mass is 567 g/mol.